The third-order valence-corrected chi connectivity index (χ3v) is 6.07. The van der Waals surface area contributed by atoms with Gasteiger partial charge in [0, 0.05) is 28.0 Å². The van der Waals surface area contributed by atoms with Crippen molar-refractivity contribution in [2.24, 2.45) is 0 Å². The predicted molar refractivity (Wildman–Crippen MR) is 108 cm³/mol. The smallest absolute Gasteiger partial charge is 0.172 e. The van der Waals surface area contributed by atoms with Gasteiger partial charge in [0.05, 0.1) is 16.1 Å². The van der Waals surface area contributed by atoms with E-state index in [4.69, 9.17) is 11.6 Å². The Bertz CT molecular complexity index is 904. The van der Waals surface area contributed by atoms with Gasteiger partial charge >= 0.3 is 0 Å². The number of hydrogen-bond acceptors (Lipinski definition) is 4. The molecule has 0 saturated heterocycles. The number of carbonyl (C=O) groups excluding carboxylic acids is 1. The van der Waals surface area contributed by atoms with Crippen LogP contribution in [0.5, 0.6) is 0 Å². The maximum Gasteiger partial charge on any atom is 0.172 e. The molecular formula is C19H22ClN3OS. The van der Waals surface area contributed by atoms with Gasteiger partial charge in [-0.1, -0.05) is 25.4 Å². The summed E-state index contributed by atoms with van der Waals surface area (Å²) in [5.41, 5.74) is 2.40. The van der Waals surface area contributed by atoms with Gasteiger partial charge in [-0.15, -0.1) is 11.8 Å². The number of halogens is 1. The van der Waals surface area contributed by atoms with Gasteiger partial charge in [-0.2, -0.15) is 0 Å². The van der Waals surface area contributed by atoms with Crippen molar-refractivity contribution in [1.82, 2.24) is 14.9 Å². The van der Waals surface area contributed by atoms with E-state index in [1.54, 1.807) is 24.0 Å². The van der Waals surface area contributed by atoms with Gasteiger partial charge in [-0.25, -0.2) is 4.98 Å². The predicted octanol–water partition coefficient (Wildman–Crippen LogP) is 4.97. The highest BCUT2D eigenvalue weighted by atomic mass is 35.5. The van der Waals surface area contributed by atoms with Crippen LogP contribution in [0.15, 0.2) is 30.5 Å². The first-order chi connectivity index (χ1) is 12.0. The Morgan fingerprint density at radius 2 is 2.08 bits per heavy atom. The van der Waals surface area contributed by atoms with Crippen molar-refractivity contribution in [2.75, 3.05) is 18.8 Å². The molecule has 0 fully saturated rings. The first-order valence-corrected chi connectivity index (χ1v) is 9.92. The largest absolute Gasteiger partial charge is 0.339 e. The van der Waals surface area contributed by atoms with Crippen LogP contribution in [0.3, 0.4) is 0 Å². The Morgan fingerprint density at radius 3 is 2.80 bits per heavy atom. The Kier molecular flexibility index (Phi) is 5.67. The standard InChI is InChI=1S/C19H22ClN3OS/c1-4-23(5-2)12(3)25-11-17(24)13-6-7-16-14(10-13)18-15(20)8-9-21-19(18)22-16/h6-10,12H,4-5,11H2,1-3H3,(H,21,22). The van der Waals surface area contributed by atoms with Crippen molar-refractivity contribution >= 4 is 51.1 Å². The molecule has 0 saturated carbocycles. The number of thioether (sulfide) groups is 1. The second kappa shape index (κ2) is 7.77. The highest BCUT2D eigenvalue weighted by molar-refractivity contribution is 8.00. The summed E-state index contributed by atoms with van der Waals surface area (Å²) in [4.78, 5) is 22.5. The maximum absolute atomic E-state index is 12.6. The van der Waals surface area contributed by atoms with Crippen LogP contribution in [0.2, 0.25) is 5.02 Å². The highest BCUT2D eigenvalue weighted by Gasteiger charge is 2.15. The first kappa shape index (κ1) is 18.2. The van der Waals surface area contributed by atoms with Gasteiger partial charge in [0.15, 0.2) is 5.78 Å². The van der Waals surface area contributed by atoms with E-state index in [1.165, 1.54) is 0 Å². The van der Waals surface area contributed by atoms with Gasteiger partial charge in [0.2, 0.25) is 0 Å². The summed E-state index contributed by atoms with van der Waals surface area (Å²) < 4.78 is 0. The number of H-pyrrole nitrogens is 1. The summed E-state index contributed by atoms with van der Waals surface area (Å²) in [5, 5.41) is 2.79. The van der Waals surface area contributed by atoms with Gasteiger partial charge in [0.1, 0.15) is 5.65 Å². The topological polar surface area (TPSA) is 49.0 Å². The second-order valence-corrected chi connectivity index (χ2v) is 7.67. The van der Waals surface area contributed by atoms with Gasteiger partial charge in [-0.05, 0) is 44.3 Å². The number of rotatable bonds is 7. The number of benzene rings is 1. The molecule has 3 aromatic rings. The van der Waals surface area contributed by atoms with Crippen LogP contribution in [-0.2, 0) is 0 Å². The highest BCUT2D eigenvalue weighted by Crippen LogP contribution is 2.31. The SMILES string of the molecule is CCN(CC)C(C)SCC(=O)c1ccc2[nH]c3nccc(Cl)c3c2c1. The van der Waals surface area contributed by atoms with Crippen LogP contribution in [0.4, 0.5) is 0 Å². The van der Waals surface area contributed by atoms with E-state index in [0.29, 0.717) is 21.7 Å². The number of ketones is 1. The molecule has 1 N–H and O–H groups in total. The molecule has 0 aliphatic rings. The van der Waals surface area contributed by atoms with E-state index in [9.17, 15) is 4.79 Å². The van der Waals surface area contributed by atoms with Crippen LogP contribution < -0.4 is 0 Å². The monoisotopic (exact) mass is 375 g/mol. The number of hydrogen-bond donors (Lipinski definition) is 1. The summed E-state index contributed by atoms with van der Waals surface area (Å²) in [6.45, 7) is 8.42. The molecule has 0 bridgehead atoms. The normalized spacial score (nSPS) is 13.0. The molecule has 3 rings (SSSR count). The molecule has 2 heterocycles. The fraction of sp³-hybridized carbons (Fsp3) is 0.368. The Labute approximate surface area is 156 Å². The molecule has 25 heavy (non-hydrogen) atoms. The number of pyridine rings is 1. The average Bonchev–Trinajstić information content (AvgIpc) is 2.99. The van der Waals surface area contributed by atoms with E-state index in [2.05, 4.69) is 35.6 Å². The molecule has 0 amide bonds. The van der Waals surface area contributed by atoms with Crippen molar-refractivity contribution < 1.29 is 4.79 Å². The van der Waals surface area contributed by atoms with Crippen LogP contribution in [0, 0.1) is 0 Å². The molecule has 0 aliphatic carbocycles. The molecule has 1 atom stereocenters. The molecule has 1 aromatic carbocycles. The van der Waals surface area contributed by atoms with Crippen LogP contribution in [0.1, 0.15) is 31.1 Å². The lowest BCUT2D eigenvalue weighted by Crippen LogP contribution is -2.31. The number of Topliss-reactive ketones (excluding diaryl/α,β-unsaturated/α-hetero) is 1. The third-order valence-electron chi connectivity index (χ3n) is 4.55. The number of nitrogens with one attached hydrogen (secondary N) is 1. The minimum Gasteiger partial charge on any atom is -0.339 e. The van der Waals surface area contributed by atoms with Crippen molar-refractivity contribution in [3.8, 4) is 0 Å². The van der Waals surface area contributed by atoms with Crippen LogP contribution in [0.25, 0.3) is 21.9 Å². The number of fused-ring (bicyclic) bond motifs is 3. The van der Waals surface area contributed by atoms with E-state index in [-0.39, 0.29) is 5.78 Å². The molecule has 4 nitrogen and oxygen atoms in total. The average molecular weight is 376 g/mol. The van der Waals surface area contributed by atoms with E-state index in [0.717, 1.165) is 35.0 Å². The van der Waals surface area contributed by atoms with Gasteiger partial charge in [-0.3, -0.25) is 9.69 Å². The van der Waals surface area contributed by atoms with Crippen molar-refractivity contribution in [3.63, 3.8) is 0 Å². The Morgan fingerprint density at radius 1 is 1.32 bits per heavy atom. The fourth-order valence-corrected chi connectivity index (χ4v) is 4.39. The molecule has 2 aromatic heterocycles. The minimum atomic E-state index is 0.139. The molecule has 1 unspecified atom stereocenters. The molecule has 6 heteroatoms. The van der Waals surface area contributed by atoms with E-state index >= 15 is 0 Å². The first-order valence-electron chi connectivity index (χ1n) is 8.50. The lowest BCUT2D eigenvalue weighted by Gasteiger charge is -2.25. The minimum absolute atomic E-state index is 0.139. The summed E-state index contributed by atoms with van der Waals surface area (Å²) in [6.07, 6.45) is 1.68. The molecule has 0 radical (unpaired) electrons. The van der Waals surface area contributed by atoms with Crippen LogP contribution in [-0.4, -0.2) is 44.9 Å². The second-order valence-electron chi connectivity index (χ2n) is 5.96. The van der Waals surface area contributed by atoms with Crippen molar-refractivity contribution in [1.29, 1.82) is 0 Å². The van der Waals surface area contributed by atoms with Crippen LogP contribution >= 0.6 is 23.4 Å². The molecular weight excluding hydrogens is 354 g/mol. The Balaban J connectivity index is 1.84. The van der Waals surface area contributed by atoms with Gasteiger partial charge in [0.25, 0.3) is 0 Å². The molecule has 132 valence electrons. The summed E-state index contributed by atoms with van der Waals surface area (Å²) >= 11 is 8.01. The lowest BCUT2D eigenvalue weighted by molar-refractivity contribution is 0.102. The quantitative estimate of drug-likeness (QED) is 0.467. The Hall–Kier alpha value is -1.56. The number of carbonyl (C=O) groups is 1. The molecule has 0 spiro atoms. The van der Waals surface area contributed by atoms with E-state index < -0.39 is 0 Å². The number of aromatic nitrogens is 2. The summed E-state index contributed by atoms with van der Waals surface area (Å²) in [6, 6.07) is 7.50. The number of aromatic amines is 1. The zero-order valence-electron chi connectivity index (χ0n) is 14.7. The molecule has 0 aliphatic heterocycles. The maximum atomic E-state index is 12.6. The third kappa shape index (κ3) is 3.68. The zero-order chi connectivity index (χ0) is 18.0. The van der Waals surface area contributed by atoms with Gasteiger partial charge < -0.3 is 4.98 Å². The zero-order valence-corrected chi connectivity index (χ0v) is 16.2. The summed E-state index contributed by atoms with van der Waals surface area (Å²) in [5.74, 6) is 0.609. The lowest BCUT2D eigenvalue weighted by atomic mass is 10.1. The van der Waals surface area contributed by atoms with Crippen molar-refractivity contribution in [2.45, 2.75) is 26.1 Å². The summed E-state index contributed by atoms with van der Waals surface area (Å²) in [7, 11) is 0. The van der Waals surface area contributed by atoms with Crippen molar-refractivity contribution in [3.05, 3.63) is 41.0 Å². The number of nitrogens with zero attached hydrogens (tertiary/aromatic N) is 2. The van der Waals surface area contributed by atoms with E-state index in [1.807, 2.05) is 18.2 Å². The fourth-order valence-electron chi connectivity index (χ4n) is 3.07.